The van der Waals surface area contributed by atoms with Gasteiger partial charge in [-0.05, 0) is 42.3 Å². The fraction of sp³-hybridized carbons (Fsp3) is 0.724. The number of nitrogens with one attached hydrogen (secondary N) is 4. The normalized spacial score (nSPS) is 19.4. The molecule has 0 spiro atoms. The third kappa shape index (κ3) is 9.58. The Bertz CT molecular complexity index is 1030. The molecule has 0 bridgehead atoms. The quantitative estimate of drug-likeness (QED) is 0.145. The van der Waals surface area contributed by atoms with E-state index in [1.165, 1.54) is 11.0 Å². The SMILES string of the molecule is C=CCNC(=O)C(=O)C(NC(=O)[C@@H]1CCCN1C(=O)C(NC(=O)N[C@H](C(=O)C1CC1)C(C)(C)C)C(C)(C)C)SCC. The summed E-state index contributed by atoms with van der Waals surface area (Å²) in [6.45, 7) is 16.8. The van der Waals surface area contributed by atoms with E-state index in [1.54, 1.807) is 6.92 Å². The number of hydrogen-bond donors (Lipinski definition) is 4. The van der Waals surface area contributed by atoms with E-state index in [0.717, 1.165) is 24.6 Å². The maximum atomic E-state index is 13.8. The van der Waals surface area contributed by atoms with Gasteiger partial charge in [0.25, 0.3) is 11.7 Å². The van der Waals surface area contributed by atoms with Crippen molar-refractivity contribution in [3.8, 4) is 0 Å². The van der Waals surface area contributed by atoms with Gasteiger partial charge in [0.15, 0.2) is 5.78 Å². The number of rotatable bonds is 13. The van der Waals surface area contributed by atoms with Crippen LogP contribution in [-0.4, -0.2) is 82.6 Å². The smallest absolute Gasteiger partial charge is 0.316 e. The highest BCUT2D eigenvalue weighted by Gasteiger charge is 2.44. The number of nitrogens with zero attached hydrogens (tertiary/aromatic N) is 1. The van der Waals surface area contributed by atoms with Crippen LogP contribution in [-0.2, 0) is 24.0 Å². The van der Waals surface area contributed by atoms with Crippen molar-refractivity contribution >= 4 is 47.1 Å². The van der Waals surface area contributed by atoms with Crippen molar-refractivity contribution in [1.29, 1.82) is 0 Å². The first kappa shape index (κ1) is 34.3. The Morgan fingerprint density at radius 3 is 2.02 bits per heavy atom. The van der Waals surface area contributed by atoms with E-state index in [0.29, 0.717) is 25.1 Å². The second-order valence-corrected chi connectivity index (χ2v) is 14.2. The van der Waals surface area contributed by atoms with Crippen LogP contribution in [0.5, 0.6) is 0 Å². The molecule has 1 saturated heterocycles. The molecule has 41 heavy (non-hydrogen) atoms. The van der Waals surface area contributed by atoms with Gasteiger partial charge in [0.1, 0.15) is 17.5 Å². The number of likely N-dealkylation sites (tertiary alicyclic amines) is 1. The summed E-state index contributed by atoms with van der Waals surface area (Å²) in [6.07, 6.45) is 4.02. The predicted octanol–water partition coefficient (Wildman–Crippen LogP) is 2.15. The lowest BCUT2D eigenvalue weighted by Crippen LogP contribution is -2.61. The monoisotopic (exact) mass is 593 g/mol. The van der Waals surface area contributed by atoms with Crippen LogP contribution in [0.4, 0.5) is 4.79 Å². The summed E-state index contributed by atoms with van der Waals surface area (Å²) >= 11 is 1.11. The highest BCUT2D eigenvalue weighted by atomic mass is 32.2. The fourth-order valence-electron chi connectivity index (χ4n) is 4.69. The van der Waals surface area contributed by atoms with Crippen molar-refractivity contribution in [3.05, 3.63) is 12.7 Å². The Morgan fingerprint density at radius 2 is 1.51 bits per heavy atom. The van der Waals surface area contributed by atoms with E-state index < -0.39 is 63.9 Å². The van der Waals surface area contributed by atoms with Gasteiger partial charge in [0, 0.05) is 19.0 Å². The minimum atomic E-state index is -1.10. The minimum absolute atomic E-state index is 0.00483. The molecular weight excluding hydrogens is 546 g/mol. The number of amides is 5. The van der Waals surface area contributed by atoms with Gasteiger partial charge in [-0.3, -0.25) is 24.0 Å². The molecule has 0 aromatic rings. The molecule has 1 aliphatic carbocycles. The molecule has 0 aromatic carbocycles. The Kier molecular flexibility index (Phi) is 12.0. The number of Topliss-reactive ketones (excluding diaryl/α,β-unsaturated/α-hetero) is 2. The van der Waals surface area contributed by atoms with E-state index in [4.69, 9.17) is 0 Å². The van der Waals surface area contributed by atoms with Gasteiger partial charge >= 0.3 is 6.03 Å². The van der Waals surface area contributed by atoms with Gasteiger partial charge in [0.05, 0.1) is 6.04 Å². The molecule has 11 nitrogen and oxygen atoms in total. The molecule has 1 aliphatic heterocycles. The summed E-state index contributed by atoms with van der Waals surface area (Å²) in [6, 6.07) is -3.17. The zero-order valence-electron chi connectivity index (χ0n) is 25.4. The van der Waals surface area contributed by atoms with Gasteiger partial charge in [0.2, 0.25) is 11.8 Å². The molecule has 2 unspecified atom stereocenters. The predicted molar refractivity (Wildman–Crippen MR) is 159 cm³/mol. The highest BCUT2D eigenvalue weighted by Crippen LogP contribution is 2.35. The van der Waals surface area contributed by atoms with Crippen molar-refractivity contribution in [2.24, 2.45) is 16.7 Å². The summed E-state index contributed by atoms with van der Waals surface area (Å²) in [5.41, 5.74) is -1.22. The fourth-order valence-corrected chi connectivity index (χ4v) is 5.48. The average molecular weight is 594 g/mol. The zero-order chi connectivity index (χ0) is 31.1. The van der Waals surface area contributed by atoms with Crippen LogP contribution in [0.1, 0.15) is 74.1 Å². The lowest BCUT2D eigenvalue weighted by molar-refractivity contribution is -0.143. The van der Waals surface area contributed by atoms with E-state index >= 15 is 0 Å². The largest absolute Gasteiger partial charge is 0.346 e. The first-order chi connectivity index (χ1) is 19.0. The van der Waals surface area contributed by atoms with Gasteiger partial charge < -0.3 is 26.2 Å². The standard InChI is InChI=1S/C29H47N5O6S/c1-9-15-30-24(38)20(36)25(41-10-2)33-23(37)18-12-11-16-34(18)26(39)22(29(6,7)8)32-27(40)31-21(28(3,4)5)19(35)17-13-14-17/h9,17-18,21-22,25H,1,10-16H2,2-8H3,(H,30,38)(H,33,37)(H2,31,32,40)/t18-,21+,22?,25?/m0/s1. The van der Waals surface area contributed by atoms with E-state index in [2.05, 4.69) is 27.8 Å². The Balaban J connectivity index is 2.17. The first-order valence-corrected chi connectivity index (χ1v) is 15.3. The minimum Gasteiger partial charge on any atom is -0.346 e. The number of carbonyl (C=O) groups is 6. The number of thioether (sulfide) groups is 1. The van der Waals surface area contributed by atoms with Crippen LogP contribution >= 0.6 is 11.8 Å². The van der Waals surface area contributed by atoms with E-state index in [-0.39, 0.29) is 18.2 Å². The van der Waals surface area contributed by atoms with Crippen molar-refractivity contribution in [2.75, 3.05) is 18.8 Å². The van der Waals surface area contributed by atoms with Crippen LogP contribution in [0.3, 0.4) is 0 Å². The third-order valence-electron chi connectivity index (χ3n) is 7.11. The Labute approximate surface area is 247 Å². The molecule has 2 fully saturated rings. The molecule has 0 aromatic heterocycles. The maximum Gasteiger partial charge on any atom is 0.316 e. The van der Waals surface area contributed by atoms with E-state index in [1.807, 2.05) is 41.5 Å². The topological polar surface area (TPSA) is 154 Å². The lowest BCUT2D eigenvalue weighted by atomic mass is 9.82. The van der Waals surface area contributed by atoms with Gasteiger partial charge in [-0.15, -0.1) is 18.3 Å². The zero-order valence-corrected chi connectivity index (χ0v) is 26.2. The maximum absolute atomic E-state index is 13.8. The summed E-state index contributed by atoms with van der Waals surface area (Å²) < 4.78 is 0. The molecule has 2 rings (SSSR count). The van der Waals surface area contributed by atoms with Gasteiger partial charge in [-0.2, -0.15) is 0 Å². The van der Waals surface area contributed by atoms with Crippen LogP contribution in [0.25, 0.3) is 0 Å². The second-order valence-electron chi connectivity index (χ2n) is 12.8. The summed E-state index contributed by atoms with van der Waals surface area (Å²) in [4.78, 5) is 79.5. The molecule has 5 amide bonds. The molecular formula is C29H47N5O6S. The summed E-state index contributed by atoms with van der Waals surface area (Å²) in [5, 5.41) is 9.56. The highest BCUT2D eigenvalue weighted by molar-refractivity contribution is 8.00. The number of hydrogen-bond acceptors (Lipinski definition) is 7. The van der Waals surface area contributed by atoms with Crippen LogP contribution in [0.2, 0.25) is 0 Å². The average Bonchev–Trinajstić information content (AvgIpc) is 3.62. The van der Waals surface area contributed by atoms with E-state index in [9.17, 15) is 28.8 Å². The molecule has 4 atom stereocenters. The van der Waals surface area contributed by atoms with Crippen LogP contribution < -0.4 is 21.3 Å². The number of ketones is 2. The summed E-state index contributed by atoms with van der Waals surface area (Å²) in [7, 11) is 0. The Hall–Kier alpha value is -2.89. The molecule has 1 saturated carbocycles. The summed E-state index contributed by atoms with van der Waals surface area (Å²) in [5.74, 6) is -2.15. The lowest BCUT2D eigenvalue weighted by Gasteiger charge is -2.37. The Morgan fingerprint density at radius 1 is 0.927 bits per heavy atom. The molecule has 1 heterocycles. The van der Waals surface area contributed by atoms with Crippen molar-refractivity contribution < 1.29 is 28.8 Å². The van der Waals surface area contributed by atoms with Crippen molar-refractivity contribution in [1.82, 2.24) is 26.2 Å². The molecule has 4 N–H and O–H groups in total. The third-order valence-corrected chi connectivity index (χ3v) is 8.11. The van der Waals surface area contributed by atoms with Crippen LogP contribution in [0.15, 0.2) is 12.7 Å². The first-order valence-electron chi connectivity index (χ1n) is 14.3. The number of urea groups is 1. The van der Waals surface area contributed by atoms with Gasteiger partial charge in [-0.25, -0.2) is 4.79 Å². The van der Waals surface area contributed by atoms with Crippen molar-refractivity contribution in [2.45, 2.75) is 97.6 Å². The molecule has 2 aliphatic rings. The van der Waals surface area contributed by atoms with Crippen molar-refractivity contribution in [3.63, 3.8) is 0 Å². The second kappa shape index (κ2) is 14.3. The number of carbonyl (C=O) groups excluding carboxylic acids is 6. The van der Waals surface area contributed by atoms with Crippen LogP contribution in [0, 0.1) is 16.7 Å². The molecule has 12 heteroatoms. The molecule has 230 valence electrons. The molecule has 0 radical (unpaired) electrons. The van der Waals surface area contributed by atoms with Gasteiger partial charge in [-0.1, -0.05) is 54.5 Å².